The summed E-state index contributed by atoms with van der Waals surface area (Å²) < 4.78 is 17.0. The number of ether oxygens (including phenoxy) is 3. The summed E-state index contributed by atoms with van der Waals surface area (Å²) in [4.78, 5) is 2.43. The Morgan fingerprint density at radius 1 is 1.12 bits per heavy atom. The summed E-state index contributed by atoms with van der Waals surface area (Å²) >= 11 is 0. The standard InChI is InChI=1S/C19H29NO4/c1-19(2,3)24-18-11-20-7-6-12-8-16(22-4)17(23-5)9-13(12)14(20)10-15(18)21/h8-9,14-15,18,21H,6-7,10-11H2,1-5H3. The number of rotatable bonds is 3. The molecule has 3 unspecified atom stereocenters. The predicted octanol–water partition coefficient (Wildman–Crippen LogP) is 2.55. The van der Waals surface area contributed by atoms with E-state index in [1.807, 2.05) is 20.8 Å². The Kier molecular flexibility index (Phi) is 4.78. The van der Waals surface area contributed by atoms with Crippen LogP contribution in [0.2, 0.25) is 0 Å². The molecular formula is C19H29NO4. The van der Waals surface area contributed by atoms with Crippen molar-refractivity contribution in [3.05, 3.63) is 23.3 Å². The quantitative estimate of drug-likeness (QED) is 0.920. The fourth-order valence-corrected chi connectivity index (χ4v) is 3.88. The van der Waals surface area contributed by atoms with Gasteiger partial charge in [-0.3, -0.25) is 4.90 Å². The van der Waals surface area contributed by atoms with Crippen LogP contribution in [0.5, 0.6) is 11.5 Å². The number of methoxy groups -OCH3 is 2. The molecule has 2 heterocycles. The molecule has 1 fully saturated rings. The number of nitrogens with zero attached hydrogens (tertiary/aromatic N) is 1. The van der Waals surface area contributed by atoms with Crippen LogP contribution in [0.15, 0.2) is 12.1 Å². The van der Waals surface area contributed by atoms with E-state index in [1.54, 1.807) is 14.2 Å². The van der Waals surface area contributed by atoms with Crippen molar-refractivity contribution in [2.24, 2.45) is 0 Å². The molecule has 1 N–H and O–H groups in total. The van der Waals surface area contributed by atoms with E-state index in [-0.39, 0.29) is 17.7 Å². The molecule has 0 radical (unpaired) electrons. The summed E-state index contributed by atoms with van der Waals surface area (Å²) in [5, 5.41) is 10.6. The lowest BCUT2D eigenvalue weighted by atomic mass is 9.84. The fourth-order valence-electron chi connectivity index (χ4n) is 3.88. The molecule has 3 atom stereocenters. The Balaban J connectivity index is 1.86. The zero-order chi connectivity index (χ0) is 17.5. The third-order valence-corrected chi connectivity index (χ3v) is 4.93. The van der Waals surface area contributed by atoms with Crippen LogP contribution in [-0.4, -0.2) is 55.1 Å². The van der Waals surface area contributed by atoms with E-state index in [9.17, 15) is 5.11 Å². The first-order valence-corrected chi connectivity index (χ1v) is 8.67. The highest BCUT2D eigenvalue weighted by Gasteiger charge is 2.40. The topological polar surface area (TPSA) is 51.2 Å². The maximum absolute atomic E-state index is 10.6. The summed E-state index contributed by atoms with van der Waals surface area (Å²) in [5.74, 6) is 1.52. The fraction of sp³-hybridized carbons (Fsp3) is 0.684. The molecule has 5 heteroatoms. The Morgan fingerprint density at radius 2 is 1.79 bits per heavy atom. The highest BCUT2D eigenvalue weighted by atomic mass is 16.5. The van der Waals surface area contributed by atoms with Crippen LogP contribution in [-0.2, 0) is 11.2 Å². The van der Waals surface area contributed by atoms with Gasteiger partial charge in [0.25, 0.3) is 0 Å². The first-order chi connectivity index (χ1) is 11.3. The van der Waals surface area contributed by atoms with Crippen molar-refractivity contribution in [1.29, 1.82) is 0 Å². The van der Waals surface area contributed by atoms with Crippen molar-refractivity contribution in [3.8, 4) is 11.5 Å². The van der Waals surface area contributed by atoms with Gasteiger partial charge < -0.3 is 19.3 Å². The van der Waals surface area contributed by atoms with Gasteiger partial charge in [-0.05, 0) is 56.9 Å². The Hall–Kier alpha value is -1.30. The van der Waals surface area contributed by atoms with Crippen LogP contribution < -0.4 is 9.47 Å². The molecule has 3 rings (SSSR count). The second-order valence-electron chi connectivity index (χ2n) is 7.74. The maximum atomic E-state index is 10.6. The summed E-state index contributed by atoms with van der Waals surface area (Å²) in [6, 6.07) is 4.36. The molecule has 24 heavy (non-hydrogen) atoms. The van der Waals surface area contributed by atoms with E-state index in [4.69, 9.17) is 14.2 Å². The number of fused-ring (bicyclic) bond motifs is 3. The van der Waals surface area contributed by atoms with Gasteiger partial charge in [-0.25, -0.2) is 0 Å². The van der Waals surface area contributed by atoms with E-state index in [0.717, 1.165) is 31.0 Å². The number of aliphatic hydroxyl groups excluding tert-OH is 1. The van der Waals surface area contributed by atoms with Gasteiger partial charge in [0.15, 0.2) is 11.5 Å². The van der Waals surface area contributed by atoms with E-state index < -0.39 is 6.10 Å². The van der Waals surface area contributed by atoms with Gasteiger partial charge >= 0.3 is 0 Å². The van der Waals surface area contributed by atoms with Gasteiger partial charge in [0.05, 0.1) is 32.0 Å². The molecule has 0 saturated carbocycles. The maximum Gasteiger partial charge on any atom is 0.161 e. The number of hydrogen-bond acceptors (Lipinski definition) is 5. The third-order valence-electron chi connectivity index (χ3n) is 4.93. The molecule has 5 nitrogen and oxygen atoms in total. The highest BCUT2D eigenvalue weighted by molar-refractivity contribution is 5.49. The molecule has 1 aromatic carbocycles. The van der Waals surface area contributed by atoms with Crippen molar-refractivity contribution in [3.63, 3.8) is 0 Å². The summed E-state index contributed by atoms with van der Waals surface area (Å²) in [6.45, 7) is 7.85. The SMILES string of the molecule is COc1cc2c(cc1OC)C1CC(O)C(OC(C)(C)C)CN1CC2. The molecule has 134 valence electrons. The van der Waals surface area contributed by atoms with Crippen molar-refractivity contribution < 1.29 is 19.3 Å². The number of aliphatic hydroxyl groups is 1. The third kappa shape index (κ3) is 3.39. The smallest absolute Gasteiger partial charge is 0.161 e. The van der Waals surface area contributed by atoms with Crippen LogP contribution in [0.4, 0.5) is 0 Å². The van der Waals surface area contributed by atoms with E-state index in [0.29, 0.717) is 6.42 Å². The average molecular weight is 335 g/mol. The first-order valence-electron chi connectivity index (χ1n) is 8.67. The second kappa shape index (κ2) is 6.54. The molecule has 0 aliphatic carbocycles. The lowest BCUT2D eigenvalue weighted by Gasteiger charge is -2.46. The largest absolute Gasteiger partial charge is 0.493 e. The summed E-state index contributed by atoms with van der Waals surface area (Å²) in [6.07, 6.45) is 1.07. The average Bonchev–Trinajstić information content (AvgIpc) is 2.53. The van der Waals surface area contributed by atoms with Gasteiger partial charge in [-0.15, -0.1) is 0 Å². The van der Waals surface area contributed by atoms with Crippen molar-refractivity contribution in [2.45, 2.75) is 57.5 Å². The molecule has 0 amide bonds. The number of hydrogen-bond donors (Lipinski definition) is 1. The molecule has 2 aliphatic rings. The van der Waals surface area contributed by atoms with Crippen molar-refractivity contribution in [2.75, 3.05) is 27.3 Å². The minimum absolute atomic E-state index is 0.136. The molecule has 2 aliphatic heterocycles. The first kappa shape index (κ1) is 17.5. The minimum Gasteiger partial charge on any atom is -0.493 e. The van der Waals surface area contributed by atoms with E-state index in [2.05, 4.69) is 17.0 Å². The van der Waals surface area contributed by atoms with Gasteiger partial charge in [0.2, 0.25) is 0 Å². The highest BCUT2D eigenvalue weighted by Crippen LogP contribution is 2.42. The number of piperidine rings is 1. The van der Waals surface area contributed by atoms with Crippen LogP contribution in [0.25, 0.3) is 0 Å². The minimum atomic E-state index is -0.454. The van der Waals surface area contributed by atoms with Gasteiger partial charge in [0, 0.05) is 19.1 Å². The lowest BCUT2D eigenvalue weighted by Crippen LogP contribution is -2.53. The van der Waals surface area contributed by atoms with Crippen molar-refractivity contribution in [1.82, 2.24) is 4.90 Å². The van der Waals surface area contributed by atoms with Gasteiger partial charge in [-0.1, -0.05) is 0 Å². The molecule has 0 aromatic heterocycles. The van der Waals surface area contributed by atoms with Crippen molar-refractivity contribution >= 4 is 0 Å². The Morgan fingerprint density at radius 3 is 2.42 bits per heavy atom. The molecule has 0 spiro atoms. The van der Waals surface area contributed by atoms with Crippen LogP contribution in [0.3, 0.4) is 0 Å². The monoisotopic (exact) mass is 335 g/mol. The Labute approximate surface area is 144 Å². The van der Waals surface area contributed by atoms with Crippen LogP contribution in [0.1, 0.15) is 44.4 Å². The van der Waals surface area contributed by atoms with Gasteiger partial charge in [-0.2, -0.15) is 0 Å². The summed E-state index contributed by atoms with van der Waals surface area (Å²) in [7, 11) is 3.33. The normalized spacial score (nSPS) is 27.3. The van der Waals surface area contributed by atoms with E-state index >= 15 is 0 Å². The second-order valence-corrected chi connectivity index (χ2v) is 7.74. The molecular weight excluding hydrogens is 306 g/mol. The zero-order valence-electron chi connectivity index (χ0n) is 15.3. The Bertz CT molecular complexity index is 596. The predicted molar refractivity (Wildman–Crippen MR) is 92.8 cm³/mol. The summed E-state index contributed by atoms with van der Waals surface area (Å²) in [5.41, 5.74) is 2.28. The van der Waals surface area contributed by atoms with Gasteiger partial charge in [0.1, 0.15) is 0 Å². The van der Waals surface area contributed by atoms with E-state index in [1.165, 1.54) is 11.1 Å². The number of benzene rings is 1. The van der Waals surface area contributed by atoms with Crippen LogP contribution in [0, 0.1) is 0 Å². The molecule has 0 bridgehead atoms. The van der Waals surface area contributed by atoms with Crippen LogP contribution >= 0.6 is 0 Å². The zero-order valence-corrected chi connectivity index (χ0v) is 15.3. The molecule has 1 saturated heterocycles. The molecule has 1 aromatic rings. The lowest BCUT2D eigenvalue weighted by molar-refractivity contribution is -0.149.